The quantitative estimate of drug-likeness (QED) is 0.128. The van der Waals surface area contributed by atoms with E-state index in [-0.39, 0.29) is 26.5 Å². The molecule has 0 aliphatic carbocycles. The van der Waals surface area contributed by atoms with Crippen LogP contribution in [0.1, 0.15) is 44.4 Å². The van der Waals surface area contributed by atoms with Gasteiger partial charge in [-0.3, -0.25) is 4.98 Å². The smallest absolute Gasteiger partial charge is 0.503 e. The average molecular weight is 856 g/mol. The van der Waals surface area contributed by atoms with Gasteiger partial charge >= 0.3 is 21.1 Å². The molecule has 0 unspecified atom stereocenters. The van der Waals surface area contributed by atoms with Crippen molar-refractivity contribution in [1.29, 1.82) is 0 Å². The van der Waals surface area contributed by atoms with E-state index < -0.39 is 0 Å². The predicted octanol–water partition coefficient (Wildman–Crippen LogP) is 11.4. The summed E-state index contributed by atoms with van der Waals surface area (Å²) in [4.78, 5) is 10.2. The normalized spacial score (nSPS) is 13.4. The summed E-state index contributed by atoms with van der Waals surface area (Å²) in [6.07, 6.45) is 4.05. The van der Waals surface area contributed by atoms with Gasteiger partial charge in [-0.1, -0.05) is 117 Å². The number of rotatable bonds is 5. The molecule has 5 nitrogen and oxygen atoms in total. The Hall–Kier alpha value is -5.25. The van der Waals surface area contributed by atoms with Crippen LogP contribution >= 0.6 is 0 Å². The van der Waals surface area contributed by atoms with Gasteiger partial charge in [0.15, 0.2) is 0 Å². The molecule has 9 aromatic rings. The van der Waals surface area contributed by atoms with Crippen LogP contribution in [0.3, 0.4) is 0 Å². The number of hydrogen-bond acceptors (Lipinski definition) is 3. The minimum Gasteiger partial charge on any atom is -0.503 e. The molecule has 1 aliphatic rings. The van der Waals surface area contributed by atoms with E-state index in [0.717, 1.165) is 55.3 Å². The first-order chi connectivity index (χ1) is 24.9. The Balaban J connectivity index is 0.00000360. The van der Waals surface area contributed by atoms with Crippen molar-refractivity contribution in [2.45, 2.75) is 40.0 Å². The molecular formula is C46H36N4OPt. The molecule has 52 heavy (non-hydrogen) atoms. The van der Waals surface area contributed by atoms with Crippen LogP contribution in [0.2, 0.25) is 0 Å². The summed E-state index contributed by atoms with van der Waals surface area (Å²) >= 11 is 0. The molecule has 5 heterocycles. The molecule has 0 radical (unpaired) electrons. The fourth-order valence-corrected chi connectivity index (χ4v) is 9.23. The second-order valence-electron chi connectivity index (χ2n) is 14.5. The molecule has 0 fully saturated rings. The maximum atomic E-state index is 6.63. The van der Waals surface area contributed by atoms with Gasteiger partial charge in [-0.2, -0.15) is 6.07 Å². The molecule has 10 rings (SSSR count). The number of para-hydroxylation sites is 2. The van der Waals surface area contributed by atoms with Crippen LogP contribution in [0.15, 0.2) is 116 Å². The molecule has 0 bridgehead atoms. The molecule has 0 amide bonds. The first-order valence-electron chi connectivity index (χ1n) is 17.8. The van der Waals surface area contributed by atoms with Gasteiger partial charge in [-0.05, 0) is 52.8 Å². The first kappa shape index (κ1) is 32.6. The van der Waals surface area contributed by atoms with Crippen molar-refractivity contribution in [2.24, 2.45) is 11.8 Å². The number of benzene rings is 5. The van der Waals surface area contributed by atoms with E-state index in [0.29, 0.717) is 23.3 Å². The molecule has 1 aliphatic heterocycles. The Morgan fingerprint density at radius 2 is 1.40 bits per heavy atom. The van der Waals surface area contributed by atoms with Crippen LogP contribution < -0.4 is 4.74 Å². The van der Waals surface area contributed by atoms with Crippen molar-refractivity contribution in [1.82, 2.24) is 18.9 Å². The van der Waals surface area contributed by atoms with E-state index in [1.165, 1.54) is 27.6 Å². The van der Waals surface area contributed by atoms with Crippen molar-refractivity contribution in [2.75, 3.05) is 0 Å². The SMILES string of the molecule is Cc1ccccc1-c1cn2c3ccccc3c3ccc(Oc4[c-]c5c(cc4)c4cccc6c4n5-c4ncccc4C6(C(C)C)C(C)C)[c-]c3c2n1.[Pt+2]. The number of ether oxygens (including phenoxy) is 1. The van der Waals surface area contributed by atoms with Crippen LogP contribution in [-0.2, 0) is 26.5 Å². The molecular weight excluding hydrogens is 820 g/mol. The summed E-state index contributed by atoms with van der Waals surface area (Å²) in [7, 11) is 0. The standard InChI is InChI=1S/C46H36N4O.Pt/c1-27(2)46(28(3)4)38-16-10-15-36-35-22-20-31(25-42(35)50(43(36)38)45-39(46)17-11-23-47-45)51-30-19-21-33-34-14-8-9-18-41(34)49-26-40(48-44(49)37(33)24-30)32-13-7-6-12-29(32)5;/h6-23,26-28H,1-5H3;/q-2;+2. The third-order valence-electron chi connectivity index (χ3n) is 11.3. The average Bonchev–Trinajstić information content (AvgIpc) is 3.73. The molecule has 5 aromatic carbocycles. The van der Waals surface area contributed by atoms with Crippen molar-refractivity contribution in [3.05, 3.63) is 144 Å². The maximum absolute atomic E-state index is 6.63. The van der Waals surface area contributed by atoms with Crippen LogP contribution in [-0.4, -0.2) is 18.9 Å². The zero-order valence-electron chi connectivity index (χ0n) is 29.6. The molecule has 6 heteroatoms. The van der Waals surface area contributed by atoms with Gasteiger partial charge in [0.25, 0.3) is 0 Å². The van der Waals surface area contributed by atoms with Gasteiger partial charge in [0, 0.05) is 51.5 Å². The van der Waals surface area contributed by atoms with Crippen LogP contribution in [0.4, 0.5) is 0 Å². The number of aromatic nitrogens is 4. The van der Waals surface area contributed by atoms with Gasteiger partial charge in [-0.25, -0.2) is 4.98 Å². The number of aryl methyl sites for hydroxylation is 1. The van der Waals surface area contributed by atoms with Crippen molar-refractivity contribution >= 4 is 49.1 Å². The monoisotopic (exact) mass is 855 g/mol. The summed E-state index contributed by atoms with van der Waals surface area (Å²) in [6, 6.07) is 43.6. The number of hydrogen-bond donors (Lipinski definition) is 0. The summed E-state index contributed by atoms with van der Waals surface area (Å²) < 4.78 is 11.1. The molecule has 0 spiro atoms. The minimum absolute atomic E-state index is 0. The number of nitrogens with zero attached hydrogens (tertiary/aromatic N) is 4. The Morgan fingerprint density at radius 1 is 0.692 bits per heavy atom. The zero-order valence-corrected chi connectivity index (χ0v) is 31.9. The van der Waals surface area contributed by atoms with E-state index in [9.17, 15) is 0 Å². The summed E-state index contributed by atoms with van der Waals surface area (Å²) in [6.45, 7) is 11.5. The topological polar surface area (TPSA) is 44.4 Å². The van der Waals surface area contributed by atoms with Crippen LogP contribution in [0.5, 0.6) is 11.5 Å². The summed E-state index contributed by atoms with van der Waals surface area (Å²) in [5.41, 5.74) is 9.81. The van der Waals surface area contributed by atoms with E-state index >= 15 is 0 Å². The predicted molar refractivity (Wildman–Crippen MR) is 207 cm³/mol. The van der Waals surface area contributed by atoms with E-state index in [4.69, 9.17) is 14.7 Å². The van der Waals surface area contributed by atoms with Crippen molar-refractivity contribution in [3.63, 3.8) is 0 Å². The molecule has 0 N–H and O–H groups in total. The van der Waals surface area contributed by atoms with Gasteiger partial charge < -0.3 is 13.7 Å². The Morgan fingerprint density at radius 3 is 2.21 bits per heavy atom. The molecule has 0 saturated carbocycles. The van der Waals surface area contributed by atoms with Gasteiger partial charge in [-0.15, -0.1) is 29.7 Å². The second kappa shape index (κ2) is 11.9. The van der Waals surface area contributed by atoms with Crippen molar-refractivity contribution < 1.29 is 25.8 Å². The zero-order chi connectivity index (χ0) is 34.6. The minimum atomic E-state index is -0.172. The fraction of sp³-hybridized carbons (Fsp3) is 0.174. The van der Waals surface area contributed by atoms with Crippen molar-refractivity contribution in [3.8, 4) is 28.6 Å². The number of pyridine rings is 2. The van der Waals surface area contributed by atoms with E-state index in [1.807, 2.05) is 18.3 Å². The second-order valence-corrected chi connectivity index (χ2v) is 14.5. The van der Waals surface area contributed by atoms with Gasteiger partial charge in [0.05, 0.1) is 11.3 Å². The molecule has 256 valence electrons. The third kappa shape index (κ3) is 4.39. The van der Waals surface area contributed by atoms with Crippen LogP contribution in [0.25, 0.3) is 66.2 Å². The third-order valence-corrected chi connectivity index (χ3v) is 11.3. The molecule has 0 saturated heterocycles. The largest absolute Gasteiger partial charge is 2.00 e. The van der Waals surface area contributed by atoms with Gasteiger partial charge in [0.2, 0.25) is 0 Å². The summed E-state index contributed by atoms with van der Waals surface area (Å²) in [5.74, 6) is 2.96. The fourth-order valence-electron chi connectivity index (χ4n) is 9.23. The van der Waals surface area contributed by atoms with Gasteiger partial charge in [0.1, 0.15) is 5.82 Å². The Kier molecular flexibility index (Phi) is 7.47. The Bertz CT molecular complexity index is 2870. The first-order valence-corrected chi connectivity index (χ1v) is 17.8. The summed E-state index contributed by atoms with van der Waals surface area (Å²) in [5, 5.41) is 5.49. The molecule has 0 atom stereocenters. The molecule has 4 aromatic heterocycles. The number of imidazole rings is 1. The maximum Gasteiger partial charge on any atom is 2.00 e. The van der Waals surface area contributed by atoms with E-state index in [1.54, 1.807) is 0 Å². The number of fused-ring (bicyclic) bond motifs is 11. The van der Waals surface area contributed by atoms with E-state index in [2.05, 4.69) is 153 Å². The van der Waals surface area contributed by atoms with Crippen LogP contribution in [0, 0.1) is 30.9 Å². The Labute approximate surface area is 317 Å².